The molecule has 0 radical (unpaired) electrons. The van der Waals surface area contributed by atoms with Gasteiger partial charge >= 0.3 is 0 Å². The van der Waals surface area contributed by atoms with Crippen LogP contribution in [-0.4, -0.2) is 19.5 Å². The third-order valence-electron chi connectivity index (χ3n) is 11.1. The SMILES string of the molecule is c1ccc(-c2ccc(-c3nc(-c4ccc5c(c4)oc4c5ccc5c4c4ccccc4n5-c4ccccc4)nc(-c4ccc5c(c4)sc4ccccc45)n3)cc2)cc1. The van der Waals surface area contributed by atoms with E-state index in [9.17, 15) is 0 Å². The fourth-order valence-electron chi connectivity index (χ4n) is 8.35. The largest absolute Gasteiger partial charge is 0.455 e. The summed E-state index contributed by atoms with van der Waals surface area (Å²) in [6, 6.07) is 63.7. The van der Waals surface area contributed by atoms with E-state index in [0.29, 0.717) is 17.5 Å². The fraction of sp³-hybridized carbons (Fsp3) is 0. The molecule has 12 aromatic rings. The fourth-order valence-corrected chi connectivity index (χ4v) is 9.50. The van der Waals surface area contributed by atoms with E-state index in [0.717, 1.165) is 71.7 Å². The zero-order chi connectivity index (χ0) is 37.5. The van der Waals surface area contributed by atoms with Crippen molar-refractivity contribution < 1.29 is 4.42 Å². The lowest BCUT2D eigenvalue weighted by molar-refractivity contribution is 0.673. The number of fused-ring (bicyclic) bond motifs is 10. The molecule has 0 fully saturated rings. The molecule has 0 bridgehead atoms. The molecule has 0 spiro atoms. The Morgan fingerprint density at radius 2 is 0.947 bits per heavy atom. The molecule has 0 aliphatic rings. The van der Waals surface area contributed by atoms with Gasteiger partial charge in [-0.05, 0) is 65.7 Å². The van der Waals surface area contributed by atoms with Gasteiger partial charge in [0.15, 0.2) is 17.5 Å². The smallest absolute Gasteiger partial charge is 0.164 e. The van der Waals surface area contributed by atoms with Crippen molar-refractivity contribution in [1.29, 1.82) is 0 Å². The van der Waals surface area contributed by atoms with Crippen LogP contribution in [0.1, 0.15) is 0 Å². The van der Waals surface area contributed by atoms with Crippen molar-refractivity contribution in [1.82, 2.24) is 19.5 Å². The van der Waals surface area contributed by atoms with Gasteiger partial charge in [-0.2, -0.15) is 0 Å². The van der Waals surface area contributed by atoms with Crippen LogP contribution in [0.25, 0.3) is 115 Å². The van der Waals surface area contributed by atoms with Crippen molar-refractivity contribution in [2.75, 3.05) is 0 Å². The topological polar surface area (TPSA) is 56.7 Å². The van der Waals surface area contributed by atoms with Gasteiger partial charge in [0.05, 0.1) is 16.4 Å². The highest BCUT2D eigenvalue weighted by molar-refractivity contribution is 7.25. The Hall–Kier alpha value is -7.41. The first-order valence-corrected chi connectivity index (χ1v) is 19.8. The molecule has 0 aliphatic heterocycles. The molecule has 0 aliphatic carbocycles. The Bertz CT molecular complexity index is 3510. The summed E-state index contributed by atoms with van der Waals surface area (Å²) in [7, 11) is 0. The van der Waals surface area contributed by atoms with Crippen LogP contribution in [0, 0.1) is 0 Å². The maximum Gasteiger partial charge on any atom is 0.164 e. The number of hydrogen-bond acceptors (Lipinski definition) is 5. The van der Waals surface area contributed by atoms with Crippen LogP contribution in [0.4, 0.5) is 0 Å². The summed E-state index contributed by atoms with van der Waals surface area (Å²) < 4.78 is 11.6. The number of benzene rings is 8. The number of furan rings is 1. The second-order valence-corrected chi connectivity index (χ2v) is 15.5. The van der Waals surface area contributed by atoms with E-state index in [1.165, 1.54) is 25.7 Å². The number of hydrogen-bond donors (Lipinski definition) is 0. The summed E-state index contributed by atoms with van der Waals surface area (Å²) in [6.45, 7) is 0. The van der Waals surface area contributed by atoms with Crippen LogP contribution >= 0.6 is 11.3 Å². The summed E-state index contributed by atoms with van der Waals surface area (Å²) in [4.78, 5) is 15.4. The van der Waals surface area contributed by atoms with Crippen LogP contribution < -0.4 is 0 Å². The number of rotatable bonds is 5. The van der Waals surface area contributed by atoms with Gasteiger partial charge in [0, 0.05) is 58.7 Å². The highest BCUT2D eigenvalue weighted by Crippen LogP contribution is 2.42. The first-order chi connectivity index (χ1) is 28.2. The van der Waals surface area contributed by atoms with Gasteiger partial charge in [-0.25, -0.2) is 15.0 Å². The van der Waals surface area contributed by atoms with Crippen LogP contribution in [0.5, 0.6) is 0 Å². The second-order valence-electron chi connectivity index (χ2n) is 14.4. The standard InChI is InChI=1S/C51H30N4OS/c1-3-11-31(12-4-1)32-19-21-33(22-20-32)49-52-50(54-51(53-49)35-24-26-39-38-15-8-10-18-45(38)57-46(39)30-35)34-23-25-37-40-27-28-43-47(48(40)56-44(37)29-34)41-16-7-9-17-42(41)55(43)36-13-5-2-6-14-36/h1-30H. The van der Waals surface area contributed by atoms with Crippen molar-refractivity contribution in [2.45, 2.75) is 0 Å². The van der Waals surface area contributed by atoms with Crippen LogP contribution in [0.2, 0.25) is 0 Å². The Balaban J connectivity index is 1.03. The summed E-state index contributed by atoms with van der Waals surface area (Å²) >= 11 is 1.79. The van der Waals surface area contributed by atoms with Gasteiger partial charge in [0.1, 0.15) is 11.2 Å². The molecule has 8 aromatic carbocycles. The van der Waals surface area contributed by atoms with Gasteiger partial charge in [-0.15, -0.1) is 11.3 Å². The molecule has 57 heavy (non-hydrogen) atoms. The quantitative estimate of drug-likeness (QED) is 0.176. The van der Waals surface area contributed by atoms with Gasteiger partial charge in [0.2, 0.25) is 0 Å². The van der Waals surface area contributed by atoms with Crippen molar-refractivity contribution in [2.24, 2.45) is 0 Å². The maximum absolute atomic E-state index is 6.86. The molecule has 6 heteroatoms. The third kappa shape index (κ3) is 5.12. The summed E-state index contributed by atoms with van der Waals surface area (Å²) in [6.07, 6.45) is 0. The molecule has 4 aromatic heterocycles. The lowest BCUT2D eigenvalue weighted by Crippen LogP contribution is -2.00. The van der Waals surface area contributed by atoms with E-state index in [1.54, 1.807) is 11.3 Å². The Morgan fingerprint density at radius 1 is 0.386 bits per heavy atom. The number of aromatic nitrogens is 4. The summed E-state index contributed by atoms with van der Waals surface area (Å²) in [5.41, 5.74) is 10.1. The molecule has 0 atom stereocenters. The van der Waals surface area contributed by atoms with Crippen LogP contribution in [-0.2, 0) is 0 Å². The first-order valence-electron chi connectivity index (χ1n) is 19.0. The van der Waals surface area contributed by atoms with Crippen molar-refractivity contribution in [3.63, 3.8) is 0 Å². The summed E-state index contributed by atoms with van der Waals surface area (Å²) in [5.74, 6) is 1.83. The molecule has 12 rings (SSSR count). The molecule has 0 N–H and O–H groups in total. The van der Waals surface area contributed by atoms with E-state index in [4.69, 9.17) is 19.4 Å². The normalized spacial score (nSPS) is 11.9. The predicted molar refractivity (Wildman–Crippen MR) is 236 cm³/mol. The zero-order valence-electron chi connectivity index (χ0n) is 30.4. The van der Waals surface area contributed by atoms with E-state index >= 15 is 0 Å². The van der Waals surface area contributed by atoms with Gasteiger partial charge in [-0.3, -0.25) is 0 Å². The lowest BCUT2D eigenvalue weighted by Gasteiger charge is -2.09. The van der Waals surface area contributed by atoms with Crippen LogP contribution in [0.15, 0.2) is 186 Å². The van der Waals surface area contributed by atoms with Crippen molar-refractivity contribution in [3.8, 4) is 51.0 Å². The molecular formula is C51H30N4OS. The maximum atomic E-state index is 6.86. The molecule has 0 saturated carbocycles. The number of nitrogens with zero attached hydrogens (tertiary/aromatic N) is 4. The highest BCUT2D eigenvalue weighted by Gasteiger charge is 2.20. The molecule has 0 amide bonds. The van der Waals surface area contributed by atoms with Gasteiger partial charge < -0.3 is 8.98 Å². The number of para-hydroxylation sites is 2. The van der Waals surface area contributed by atoms with Crippen molar-refractivity contribution >= 4 is 75.3 Å². The van der Waals surface area contributed by atoms with Gasteiger partial charge in [0.25, 0.3) is 0 Å². The monoisotopic (exact) mass is 746 g/mol. The van der Waals surface area contributed by atoms with E-state index in [1.807, 2.05) is 6.07 Å². The molecule has 4 heterocycles. The average molecular weight is 747 g/mol. The average Bonchev–Trinajstić information content (AvgIpc) is 3.96. The highest BCUT2D eigenvalue weighted by atomic mass is 32.1. The van der Waals surface area contributed by atoms with E-state index in [2.05, 4.69) is 180 Å². The molecule has 266 valence electrons. The predicted octanol–water partition coefficient (Wildman–Crippen LogP) is 13.9. The minimum absolute atomic E-state index is 0.590. The third-order valence-corrected chi connectivity index (χ3v) is 12.2. The Labute approximate surface area is 330 Å². The van der Waals surface area contributed by atoms with Crippen LogP contribution in [0.3, 0.4) is 0 Å². The minimum Gasteiger partial charge on any atom is -0.455 e. The van der Waals surface area contributed by atoms with E-state index < -0.39 is 0 Å². The molecule has 5 nitrogen and oxygen atoms in total. The number of thiophene rings is 1. The summed E-state index contributed by atoms with van der Waals surface area (Å²) in [5, 5.41) is 6.88. The second kappa shape index (κ2) is 12.6. The van der Waals surface area contributed by atoms with Crippen molar-refractivity contribution in [3.05, 3.63) is 182 Å². The molecule has 0 saturated heterocycles. The Morgan fingerprint density at radius 3 is 1.74 bits per heavy atom. The molecular weight excluding hydrogens is 717 g/mol. The molecule has 0 unspecified atom stereocenters. The first kappa shape index (κ1) is 31.9. The van der Waals surface area contributed by atoms with E-state index in [-0.39, 0.29) is 0 Å². The lowest BCUT2D eigenvalue weighted by atomic mass is 10.0. The minimum atomic E-state index is 0.590. The van der Waals surface area contributed by atoms with Gasteiger partial charge in [-0.1, -0.05) is 127 Å². The Kier molecular flexibility index (Phi) is 7.03. The zero-order valence-corrected chi connectivity index (χ0v) is 31.2.